The van der Waals surface area contributed by atoms with Crippen LogP contribution in [-0.2, 0) is 13.0 Å². The highest BCUT2D eigenvalue weighted by Gasteiger charge is 2.16. The summed E-state index contributed by atoms with van der Waals surface area (Å²) in [5.41, 5.74) is 3.56. The van der Waals surface area contributed by atoms with E-state index in [2.05, 4.69) is 34.3 Å². The molecule has 2 aromatic heterocycles. The van der Waals surface area contributed by atoms with Crippen molar-refractivity contribution >= 4 is 28.1 Å². The molecule has 0 aliphatic rings. The van der Waals surface area contributed by atoms with Crippen molar-refractivity contribution in [3.05, 3.63) is 86.1 Å². The fourth-order valence-electron chi connectivity index (χ4n) is 4.22. The van der Waals surface area contributed by atoms with E-state index in [0.717, 1.165) is 44.9 Å². The summed E-state index contributed by atoms with van der Waals surface area (Å²) in [6, 6.07) is 17.3. The van der Waals surface area contributed by atoms with Gasteiger partial charge in [-0.2, -0.15) is 5.10 Å². The Balaban J connectivity index is 1.35. The highest BCUT2D eigenvalue weighted by Crippen LogP contribution is 2.21. The van der Waals surface area contributed by atoms with Crippen molar-refractivity contribution in [1.82, 2.24) is 20.5 Å². The SMILES string of the molecule is Cc1cc(COc2ccc(C(=O)NCC(Cc3n[nH]c(=O)s3)CC(C)C)cc2)c2ccccc2n1. The lowest BCUT2D eigenvalue weighted by Crippen LogP contribution is -2.31. The molecule has 1 amide bonds. The number of nitrogens with one attached hydrogen (secondary N) is 2. The van der Waals surface area contributed by atoms with E-state index in [9.17, 15) is 9.59 Å². The van der Waals surface area contributed by atoms with Crippen molar-refractivity contribution in [1.29, 1.82) is 0 Å². The van der Waals surface area contributed by atoms with Crippen molar-refractivity contribution in [3.63, 3.8) is 0 Å². The average molecular weight is 491 g/mol. The molecule has 182 valence electrons. The van der Waals surface area contributed by atoms with Gasteiger partial charge in [-0.25, -0.2) is 5.10 Å². The summed E-state index contributed by atoms with van der Waals surface area (Å²) in [4.78, 5) is 28.6. The second-order valence-corrected chi connectivity index (χ2v) is 10.2. The highest BCUT2D eigenvalue weighted by atomic mass is 32.1. The van der Waals surface area contributed by atoms with E-state index in [-0.39, 0.29) is 16.7 Å². The first-order valence-electron chi connectivity index (χ1n) is 11.8. The number of rotatable bonds is 10. The van der Waals surface area contributed by atoms with Crippen LogP contribution in [0.1, 0.15) is 46.9 Å². The molecule has 4 aromatic rings. The number of nitrogens with zero attached hydrogens (tertiary/aromatic N) is 2. The molecule has 2 aromatic carbocycles. The van der Waals surface area contributed by atoms with Crippen LogP contribution in [0.3, 0.4) is 0 Å². The third kappa shape index (κ3) is 6.76. The van der Waals surface area contributed by atoms with Gasteiger partial charge in [0, 0.05) is 35.2 Å². The summed E-state index contributed by atoms with van der Waals surface area (Å²) in [7, 11) is 0. The number of aryl methyl sites for hydroxylation is 1. The molecule has 0 spiro atoms. The fourth-order valence-corrected chi connectivity index (χ4v) is 4.93. The lowest BCUT2D eigenvalue weighted by Gasteiger charge is -2.18. The summed E-state index contributed by atoms with van der Waals surface area (Å²) in [6.07, 6.45) is 1.60. The summed E-state index contributed by atoms with van der Waals surface area (Å²) in [5.74, 6) is 1.26. The second kappa shape index (κ2) is 11.3. The van der Waals surface area contributed by atoms with Crippen LogP contribution in [0.25, 0.3) is 10.9 Å². The van der Waals surface area contributed by atoms with Gasteiger partial charge in [0.05, 0.1) is 5.52 Å². The van der Waals surface area contributed by atoms with E-state index in [1.165, 1.54) is 0 Å². The standard InChI is InChI=1S/C27H30N4O3S/c1-17(2)12-19(14-25-30-31-27(33)35-25)15-28-26(32)20-8-10-22(11-9-20)34-16-21-13-18(3)29-24-7-5-4-6-23(21)24/h4-11,13,17,19H,12,14-16H2,1-3H3,(H,28,32)(H,31,33). The molecule has 4 rings (SSSR count). The van der Waals surface area contributed by atoms with Crippen molar-refractivity contribution in [3.8, 4) is 5.75 Å². The van der Waals surface area contributed by atoms with E-state index in [4.69, 9.17) is 4.74 Å². The molecule has 0 saturated heterocycles. The number of pyridine rings is 1. The Kier molecular flexibility index (Phi) is 7.92. The number of amides is 1. The fraction of sp³-hybridized carbons (Fsp3) is 0.333. The van der Waals surface area contributed by atoms with Gasteiger partial charge in [-0.15, -0.1) is 0 Å². The minimum atomic E-state index is -0.151. The van der Waals surface area contributed by atoms with Crippen LogP contribution in [0.5, 0.6) is 5.75 Å². The molecule has 0 radical (unpaired) electrons. The van der Waals surface area contributed by atoms with E-state index < -0.39 is 0 Å². The van der Waals surface area contributed by atoms with Gasteiger partial charge < -0.3 is 10.1 Å². The van der Waals surface area contributed by atoms with E-state index >= 15 is 0 Å². The van der Waals surface area contributed by atoms with Crippen molar-refractivity contribution < 1.29 is 9.53 Å². The van der Waals surface area contributed by atoms with Crippen LogP contribution in [0.15, 0.2) is 59.4 Å². The Morgan fingerprint density at radius 2 is 1.91 bits per heavy atom. The number of H-pyrrole nitrogens is 1. The Bertz CT molecular complexity index is 1340. The molecule has 0 saturated carbocycles. The number of ether oxygens (including phenoxy) is 1. The topological polar surface area (TPSA) is 97.0 Å². The van der Waals surface area contributed by atoms with Crippen LogP contribution >= 0.6 is 11.3 Å². The largest absolute Gasteiger partial charge is 0.489 e. The number of aromatic amines is 1. The van der Waals surface area contributed by atoms with Gasteiger partial charge in [0.1, 0.15) is 17.4 Å². The van der Waals surface area contributed by atoms with Gasteiger partial charge in [0.2, 0.25) is 0 Å². The van der Waals surface area contributed by atoms with Crippen LogP contribution in [0.4, 0.5) is 0 Å². The zero-order chi connectivity index (χ0) is 24.8. The molecule has 0 bridgehead atoms. The zero-order valence-electron chi connectivity index (χ0n) is 20.2. The number of carbonyl (C=O) groups is 1. The molecule has 8 heteroatoms. The molecular weight excluding hydrogens is 460 g/mol. The number of hydrogen-bond donors (Lipinski definition) is 2. The van der Waals surface area contributed by atoms with E-state index in [1.54, 1.807) is 12.1 Å². The third-order valence-corrected chi connectivity index (χ3v) is 6.51. The number of benzene rings is 2. The van der Waals surface area contributed by atoms with Crippen LogP contribution in [-0.4, -0.2) is 27.6 Å². The van der Waals surface area contributed by atoms with Crippen molar-refractivity contribution in [2.45, 2.75) is 40.2 Å². The highest BCUT2D eigenvalue weighted by molar-refractivity contribution is 7.08. The molecule has 2 heterocycles. The molecule has 1 unspecified atom stereocenters. The number of para-hydroxylation sites is 1. The minimum absolute atomic E-state index is 0.128. The average Bonchev–Trinajstić information content (AvgIpc) is 3.25. The number of hydrogen-bond acceptors (Lipinski definition) is 6. The first-order chi connectivity index (χ1) is 16.9. The summed E-state index contributed by atoms with van der Waals surface area (Å²) in [5, 5.41) is 11.4. The molecule has 0 aliphatic heterocycles. The molecule has 0 fully saturated rings. The van der Waals surface area contributed by atoms with Crippen LogP contribution in [0, 0.1) is 18.8 Å². The summed E-state index contributed by atoms with van der Waals surface area (Å²) < 4.78 is 6.01. The smallest absolute Gasteiger partial charge is 0.322 e. The first-order valence-corrected chi connectivity index (χ1v) is 12.6. The molecule has 35 heavy (non-hydrogen) atoms. The van der Waals surface area contributed by atoms with Gasteiger partial charge >= 0.3 is 4.87 Å². The first kappa shape index (κ1) is 24.6. The summed E-state index contributed by atoms with van der Waals surface area (Å²) in [6.45, 7) is 7.22. The quantitative estimate of drug-likeness (QED) is 0.330. The normalized spacial score (nSPS) is 12.1. The number of fused-ring (bicyclic) bond motifs is 1. The Morgan fingerprint density at radius 3 is 2.63 bits per heavy atom. The monoisotopic (exact) mass is 490 g/mol. The van der Waals surface area contributed by atoms with Gasteiger partial charge in [0.15, 0.2) is 0 Å². The lowest BCUT2D eigenvalue weighted by atomic mass is 9.94. The van der Waals surface area contributed by atoms with E-state index in [1.807, 2.05) is 49.4 Å². The summed E-state index contributed by atoms with van der Waals surface area (Å²) >= 11 is 1.13. The maximum Gasteiger partial charge on any atom is 0.322 e. The Hall–Kier alpha value is -3.52. The second-order valence-electron chi connectivity index (χ2n) is 9.17. The number of aromatic nitrogens is 3. The van der Waals surface area contributed by atoms with Crippen molar-refractivity contribution in [2.24, 2.45) is 11.8 Å². The minimum Gasteiger partial charge on any atom is -0.489 e. The van der Waals surface area contributed by atoms with E-state index in [0.29, 0.717) is 36.8 Å². The Morgan fingerprint density at radius 1 is 1.14 bits per heavy atom. The van der Waals surface area contributed by atoms with Crippen molar-refractivity contribution in [2.75, 3.05) is 6.54 Å². The van der Waals surface area contributed by atoms with Gasteiger partial charge in [0.25, 0.3) is 5.91 Å². The van der Waals surface area contributed by atoms with Gasteiger partial charge in [-0.05, 0) is 61.6 Å². The molecule has 2 N–H and O–H groups in total. The maximum atomic E-state index is 12.7. The van der Waals surface area contributed by atoms with Gasteiger partial charge in [-0.3, -0.25) is 14.6 Å². The molecule has 0 aliphatic carbocycles. The molecule has 7 nitrogen and oxygen atoms in total. The van der Waals surface area contributed by atoms with Crippen LogP contribution in [0.2, 0.25) is 0 Å². The van der Waals surface area contributed by atoms with Gasteiger partial charge in [-0.1, -0.05) is 43.4 Å². The zero-order valence-corrected chi connectivity index (χ0v) is 21.0. The predicted molar refractivity (Wildman–Crippen MR) is 139 cm³/mol. The molecular formula is C27H30N4O3S. The van der Waals surface area contributed by atoms with Crippen LogP contribution < -0.4 is 14.9 Å². The number of carbonyl (C=O) groups excluding carboxylic acids is 1. The molecule has 1 atom stereocenters. The lowest BCUT2D eigenvalue weighted by molar-refractivity contribution is 0.0945. The maximum absolute atomic E-state index is 12.7. The predicted octanol–water partition coefficient (Wildman–Crippen LogP) is 4.90. The third-order valence-electron chi connectivity index (χ3n) is 5.74. The Labute approximate surface area is 208 Å².